The molecule has 0 radical (unpaired) electrons. The van der Waals surface area contributed by atoms with Crippen LogP contribution in [-0.2, 0) is 57.1 Å². The van der Waals surface area contributed by atoms with Crippen LogP contribution in [-0.4, -0.2) is 89.7 Å². The molecule has 2 spiro atoms. The van der Waals surface area contributed by atoms with Crippen molar-refractivity contribution in [2.24, 2.45) is 17.3 Å². The Morgan fingerprint density at radius 1 is 0.951 bits per heavy atom. The lowest BCUT2D eigenvalue weighted by Gasteiger charge is -2.62. The fourth-order valence-electron chi connectivity index (χ4n) is 7.78. The SMILES string of the molecule is C=C1[C@H]2O[C@]3(C(C)C(=O)O[C@H]3[C@H]1Cl)[C@@H](OC(C)=O)[C@H]1[C@]3(CC[C@H](OC(C)=O)[C@]1(C)[C@@H](OC(C)=O)[C@@H]2OC(C)=O)CO3. The monoisotopic (exact) mass is 598 g/mol. The van der Waals surface area contributed by atoms with Gasteiger partial charge in [0.05, 0.1) is 28.9 Å². The van der Waals surface area contributed by atoms with Gasteiger partial charge >= 0.3 is 29.8 Å². The van der Waals surface area contributed by atoms with Gasteiger partial charge < -0.3 is 33.2 Å². The van der Waals surface area contributed by atoms with E-state index in [9.17, 15) is 24.0 Å². The van der Waals surface area contributed by atoms with Crippen LogP contribution in [0, 0.1) is 17.3 Å². The van der Waals surface area contributed by atoms with Gasteiger partial charge in [-0.1, -0.05) is 13.5 Å². The third kappa shape index (κ3) is 4.36. The van der Waals surface area contributed by atoms with Crippen LogP contribution in [0.2, 0.25) is 0 Å². The summed E-state index contributed by atoms with van der Waals surface area (Å²) in [6.45, 7) is 12.5. The number of carbonyl (C=O) groups is 5. The van der Waals surface area contributed by atoms with E-state index in [1.165, 1.54) is 27.7 Å². The molecule has 1 unspecified atom stereocenters. The molecule has 5 aliphatic rings. The fraction of sp³-hybridized carbons (Fsp3) is 0.750. The first kappa shape index (κ1) is 29.8. The van der Waals surface area contributed by atoms with Crippen LogP contribution >= 0.6 is 11.6 Å². The zero-order chi connectivity index (χ0) is 30.2. The fourth-order valence-corrected chi connectivity index (χ4v) is 8.15. The van der Waals surface area contributed by atoms with E-state index in [0.717, 1.165) is 0 Å². The van der Waals surface area contributed by atoms with Crippen molar-refractivity contribution >= 4 is 41.4 Å². The molecule has 1 saturated carbocycles. The van der Waals surface area contributed by atoms with Gasteiger partial charge in [0.1, 0.15) is 18.3 Å². The summed E-state index contributed by atoms with van der Waals surface area (Å²) in [6, 6.07) is 0. The molecular formula is C28H35ClO12. The normalized spacial score (nSPS) is 46.2. The van der Waals surface area contributed by atoms with Gasteiger partial charge in [0.25, 0.3) is 0 Å². The van der Waals surface area contributed by atoms with Crippen LogP contribution in [0.4, 0.5) is 0 Å². The Hall–Kier alpha value is -2.70. The number of esters is 5. The zero-order valence-corrected chi connectivity index (χ0v) is 24.6. The zero-order valence-electron chi connectivity index (χ0n) is 23.8. The van der Waals surface area contributed by atoms with Gasteiger partial charge in [-0.05, 0) is 25.3 Å². The maximum atomic E-state index is 13.2. The van der Waals surface area contributed by atoms with Crippen molar-refractivity contribution in [1.82, 2.24) is 0 Å². The summed E-state index contributed by atoms with van der Waals surface area (Å²) in [6.07, 6.45) is -6.51. The molecule has 4 aliphatic heterocycles. The largest absolute Gasteiger partial charge is 0.462 e. The van der Waals surface area contributed by atoms with Crippen LogP contribution in [0.25, 0.3) is 0 Å². The Kier molecular flexibility index (Phi) is 7.22. The van der Waals surface area contributed by atoms with Crippen molar-refractivity contribution in [2.75, 3.05) is 6.61 Å². The van der Waals surface area contributed by atoms with E-state index in [4.69, 9.17) is 44.8 Å². The molecule has 5 fully saturated rings. The topological polar surface area (TPSA) is 153 Å². The molecule has 0 aromatic heterocycles. The predicted octanol–water partition coefficient (Wildman–Crippen LogP) is 1.77. The third-order valence-corrected chi connectivity index (χ3v) is 9.97. The van der Waals surface area contributed by atoms with E-state index in [0.29, 0.717) is 12.8 Å². The number of epoxide rings is 1. The van der Waals surface area contributed by atoms with Crippen molar-refractivity contribution < 1.29 is 57.1 Å². The van der Waals surface area contributed by atoms with E-state index >= 15 is 0 Å². The lowest BCUT2D eigenvalue weighted by molar-refractivity contribution is -0.308. The molecule has 0 aromatic rings. The quantitative estimate of drug-likeness (QED) is 0.152. The number of rotatable bonds is 4. The highest BCUT2D eigenvalue weighted by molar-refractivity contribution is 6.23. The Balaban J connectivity index is 1.86. The third-order valence-electron chi connectivity index (χ3n) is 9.46. The predicted molar refractivity (Wildman–Crippen MR) is 137 cm³/mol. The van der Waals surface area contributed by atoms with Gasteiger partial charge in [-0.15, -0.1) is 11.6 Å². The van der Waals surface area contributed by atoms with Crippen LogP contribution in [0.15, 0.2) is 12.2 Å². The van der Waals surface area contributed by atoms with Crippen molar-refractivity contribution in [3.63, 3.8) is 0 Å². The Morgan fingerprint density at radius 2 is 1.51 bits per heavy atom. The molecule has 4 saturated heterocycles. The number of carbonyl (C=O) groups excluding carboxylic acids is 5. The second-order valence-corrected chi connectivity index (χ2v) is 12.4. The molecular weight excluding hydrogens is 564 g/mol. The number of ether oxygens (including phenoxy) is 7. The second kappa shape index (κ2) is 9.95. The van der Waals surface area contributed by atoms with Crippen molar-refractivity contribution in [3.05, 3.63) is 12.2 Å². The molecule has 5 rings (SSSR count). The maximum absolute atomic E-state index is 13.2. The highest BCUT2D eigenvalue weighted by atomic mass is 35.5. The Morgan fingerprint density at radius 3 is 2.05 bits per heavy atom. The first-order chi connectivity index (χ1) is 19.1. The van der Waals surface area contributed by atoms with Crippen molar-refractivity contribution in [1.29, 1.82) is 0 Å². The van der Waals surface area contributed by atoms with E-state index < -0.39 is 100 Å². The number of hydrogen-bond donors (Lipinski definition) is 0. The van der Waals surface area contributed by atoms with E-state index in [1.807, 2.05) is 0 Å². The van der Waals surface area contributed by atoms with Crippen molar-refractivity contribution in [3.8, 4) is 0 Å². The molecule has 0 aromatic carbocycles. The Labute approximate surface area is 242 Å². The number of halogens is 1. The highest BCUT2D eigenvalue weighted by Crippen LogP contribution is 2.65. The number of fused-ring (bicyclic) bond motifs is 3. The average Bonchev–Trinajstić information content (AvgIpc) is 3.58. The number of alkyl halides is 1. The minimum atomic E-state index is -1.69. The van der Waals surface area contributed by atoms with Crippen LogP contribution < -0.4 is 0 Å². The van der Waals surface area contributed by atoms with Crippen LogP contribution in [0.1, 0.15) is 54.4 Å². The summed E-state index contributed by atoms with van der Waals surface area (Å²) in [5.41, 5.74) is -3.83. The van der Waals surface area contributed by atoms with Crippen LogP contribution in [0.3, 0.4) is 0 Å². The second-order valence-electron chi connectivity index (χ2n) is 11.9. The van der Waals surface area contributed by atoms with E-state index in [-0.39, 0.29) is 12.2 Å². The molecule has 12 nitrogen and oxygen atoms in total. The standard InChI is InChI=1S/C28H35ClO12/c1-11-18(29)22-28(12(2)25(34)40-22)24(39-16(6)33)21-26(7,17(36-13(3)30)8-9-27(21)10-35-27)23(38-15(5)32)20(19(11)41-28)37-14(4)31/h12,17-24H,1,8-10H2,2-7H3/t12?,17-,18-,19+,20+,21+,22-,23-,24-,26-,27-,28-/m0/s1. The molecule has 4 heterocycles. The van der Waals surface area contributed by atoms with E-state index in [1.54, 1.807) is 13.8 Å². The minimum absolute atomic E-state index is 0.207. The molecule has 0 amide bonds. The molecule has 226 valence electrons. The lowest BCUT2D eigenvalue weighted by Crippen LogP contribution is -2.77. The summed E-state index contributed by atoms with van der Waals surface area (Å²) in [7, 11) is 0. The van der Waals surface area contributed by atoms with Gasteiger partial charge in [0.2, 0.25) is 0 Å². The van der Waals surface area contributed by atoms with E-state index in [2.05, 4.69) is 6.58 Å². The maximum Gasteiger partial charge on any atom is 0.312 e. The minimum Gasteiger partial charge on any atom is -0.462 e. The summed E-state index contributed by atoms with van der Waals surface area (Å²) >= 11 is 6.93. The lowest BCUT2D eigenvalue weighted by atomic mass is 9.51. The molecule has 0 N–H and O–H groups in total. The molecule has 2 bridgehead atoms. The molecule has 13 heteroatoms. The summed E-state index contributed by atoms with van der Waals surface area (Å²) in [5.74, 6) is -5.25. The molecule has 12 atom stereocenters. The van der Waals surface area contributed by atoms with Gasteiger partial charge in [-0.3, -0.25) is 24.0 Å². The van der Waals surface area contributed by atoms with Gasteiger partial charge in [-0.25, -0.2) is 0 Å². The average molecular weight is 599 g/mol. The number of hydrogen-bond acceptors (Lipinski definition) is 12. The highest BCUT2D eigenvalue weighted by Gasteiger charge is 2.80. The van der Waals surface area contributed by atoms with Crippen molar-refractivity contribution in [2.45, 2.75) is 108 Å². The summed E-state index contributed by atoms with van der Waals surface area (Å²) in [4.78, 5) is 63.7. The summed E-state index contributed by atoms with van der Waals surface area (Å²) in [5, 5.41) is -1.05. The van der Waals surface area contributed by atoms with Gasteiger partial charge in [0, 0.05) is 33.6 Å². The first-order valence-electron chi connectivity index (χ1n) is 13.6. The van der Waals surface area contributed by atoms with Gasteiger partial charge in [-0.2, -0.15) is 0 Å². The van der Waals surface area contributed by atoms with Crippen LogP contribution in [0.5, 0.6) is 0 Å². The first-order valence-corrected chi connectivity index (χ1v) is 14.1. The van der Waals surface area contributed by atoms with Gasteiger partial charge in [0.15, 0.2) is 23.9 Å². The summed E-state index contributed by atoms with van der Waals surface area (Å²) < 4.78 is 42.4. The smallest absolute Gasteiger partial charge is 0.312 e. The molecule has 41 heavy (non-hydrogen) atoms. The molecule has 1 aliphatic carbocycles. The Bertz CT molecular complexity index is 1200.